The molecule has 1 fully saturated rings. The first-order chi connectivity index (χ1) is 6.72. The minimum Gasteiger partial charge on any atom is -0.317 e. The zero-order chi connectivity index (χ0) is 10.1. The van der Waals surface area contributed by atoms with Gasteiger partial charge >= 0.3 is 0 Å². The SMILES string of the molecule is CNC1CC(c2ccc(I)cc2)C1C. The summed E-state index contributed by atoms with van der Waals surface area (Å²) in [7, 11) is 2.06. The lowest BCUT2D eigenvalue weighted by atomic mass is 9.67. The Bertz CT molecular complexity index is 307. The minimum atomic E-state index is 0.722. The van der Waals surface area contributed by atoms with Gasteiger partial charge in [0.05, 0.1) is 0 Å². The molecule has 1 aromatic rings. The largest absolute Gasteiger partial charge is 0.317 e. The highest BCUT2D eigenvalue weighted by molar-refractivity contribution is 14.1. The smallest absolute Gasteiger partial charge is 0.0130 e. The summed E-state index contributed by atoms with van der Waals surface area (Å²) in [6.45, 7) is 2.34. The molecule has 76 valence electrons. The second kappa shape index (κ2) is 4.19. The molecular formula is C12H16IN. The van der Waals surface area contributed by atoms with Crippen LogP contribution in [0.5, 0.6) is 0 Å². The number of hydrogen-bond acceptors (Lipinski definition) is 1. The van der Waals surface area contributed by atoms with Crippen LogP contribution in [0.15, 0.2) is 24.3 Å². The highest BCUT2D eigenvalue weighted by Crippen LogP contribution is 2.42. The lowest BCUT2D eigenvalue weighted by Gasteiger charge is -2.43. The average Bonchev–Trinajstić information content (AvgIpc) is 2.19. The maximum absolute atomic E-state index is 3.36. The molecule has 0 heterocycles. The van der Waals surface area contributed by atoms with Crippen LogP contribution in [-0.2, 0) is 0 Å². The molecule has 0 saturated heterocycles. The molecule has 1 aliphatic rings. The van der Waals surface area contributed by atoms with Crippen LogP contribution >= 0.6 is 22.6 Å². The Morgan fingerprint density at radius 2 is 1.93 bits per heavy atom. The fraction of sp³-hybridized carbons (Fsp3) is 0.500. The molecule has 0 radical (unpaired) electrons. The van der Waals surface area contributed by atoms with E-state index in [9.17, 15) is 0 Å². The van der Waals surface area contributed by atoms with Gasteiger partial charge in [0.1, 0.15) is 0 Å². The molecular weight excluding hydrogens is 285 g/mol. The van der Waals surface area contributed by atoms with Gasteiger partial charge in [-0.3, -0.25) is 0 Å². The second-order valence-corrected chi connectivity index (χ2v) is 5.39. The van der Waals surface area contributed by atoms with Crippen molar-refractivity contribution >= 4 is 22.6 Å². The van der Waals surface area contributed by atoms with E-state index in [0.717, 1.165) is 17.9 Å². The Morgan fingerprint density at radius 3 is 2.43 bits per heavy atom. The van der Waals surface area contributed by atoms with Gasteiger partial charge in [-0.15, -0.1) is 0 Å². The van der Waals surface area contributed by atoms with Gasteiger partial charge in [-0.1, -0.05) is 19.1 Å². The summed E-state index contributed by atoms with van der Waals surface area (Å²) >= 11 is 2.35. The molecule has 0 amide bonds. The van der Waals surface area contributed by atoms with E-state index in [1.54, 1.807) is 0 Å². The van der Waals surface area contributed by atoms with Crippen molar-refractivity contribution in [1.82, 2.24) is 5.32 Å². The topological polar surface area (TPSA) is 12.0 Å². The molecule has 1 aliphatic carbocycles. The molecule has 0 spiro atoms. The summed E-state index contributed by atoms with van der Waals surface area (Å²) in [4.78, 5) is 0. The highest BCUT2D eigenvalue weighted by atomic mass is 127. The van der Waals surface area contributed by atoms with Crippen LogP contribution in [0, 0.1) is 9.49 Å². The Labute approximate surface area is 99.4 Å². The molecule has 0 aliphatic heterocycles. The van der Waals surface area contributed by atoms with E-state index < -0.39 is 0 Å². The fourth-order valence-corrected chi connectivity index (χ4v) is 2.68. The summed E-state index contributed by atoms with van der Waals surface area (Å²) in [5, 5.41) is 3.36. The third kappa shape index (κ3) is 1.82. The van der Waals surface area contributed by atoms with Crippen molar-refractivity contribution in [2.45, 2.75) is 25.3 Å². The molecule has 3 atom stereocenters. The van der Waals surface area contributed by atoms with Crippen molar-refractivity contribution in [3.63, 3.8) is 0 Å². The van der Waals surface area contributed by atoms with Gasteiger partial charge in [0.25, 0.3) is 0 Å². The van der Waals surface area contributed by atoms with E-state index >= 15 is 0 Å². The molecule has 0 bridgehead atoms. The van der Waals surface area contributed by atoms with E-state index in [2.05, 4.69) is 66.1 Å². The number of benzene rings is 1. The molecule has 1 saturated carbocycles. The van der Waals surface area contributed by atoms with Crippen LogP contribution in [0.4, 0.5) is 0 Å². The Hall–Kier alpha value is -0.0900. The van der Waals surface area contributed by atoms with Gasteiger partial charge in [0.15, 0.2) is 0 Å². The molecule has 2 heteroatoms. The summed E-state index contributed by atoms with van der Waals surface area (Å²) in [6, 6.07) is 9.67. The van der Waals surface area contributed by atoms with Crippen LogP contribution < -0.4 is 5.32 Å². The van der Waals surface area contributed by atoms with Crippen molar-refractivity contribution in [2.24, 2.45) is 5.92 Å². The summed E-state index contributed by atoms with van der Waals surface area (Å²) in [5.41, 5.74) is 1.50. The van der Waals surface area contributed by atoms with Crippen molar-refractivity contribution in [3.05, 3.63) is 33.4 Å². The highest BCUT2D eigenvalue weighted by Gasteiger charge is 2.37. The first-order valence-corrected chi connectivity index (χ1v) is 6.23. The fourth-order valence-electron chi connectivity index (χ4n) is 2.32. The quantitative estimate of drug-likeness (QED) is 0.828. The third-order valence-electron chi connectivity index (χ3n) is 3.45. The maximum Gasteiger partial charge on any atom is 0.0130 e. The predicted molar refractivity (Wildman–Crippen MR) is 68.5 cm³/mol. The van der Waals surface area contributed by atoms with Gasteiger partial charge in [-0.2, -0.15) is 0 Å². The van der Waals surface area contributed by atoms with Gasteiger partial charge in [0, 0.05) is 9.61 Å². The molecule has 1 aromatic carbocycles. The van der Waals surface area contributed by atoms with E-state index in [0.29, 0.717) is 0 Å². The number of halogens is 1. The summed E-state index contributed by atoms with van der Waals surface area (Å²) < 4.78 is 1.32. The lowest BCUT2D eigenvalue weighted by molar-refractivity contribution is 0.194. The van der Waals surface area contributed by atoms with E-state index in [4.69, 9.17) is 0 Å². The van der Waals surface area contributed by atoms with E-state index in [1.165, 1.54) is 15.6 Å². The van der Waals surface area contributed by atoms with Gasteiger partial charge in [0.2, 0.25) is 0 Å². The minimum absolute atomic E-state index is 0.722. The van der Waals surface area contributed by atoms with Crippen molar-refractivity contribution in [1.29, 1.82) is 0 Å². The summed E-state index contributed by atoms with van der Waals surface area (Å²) in [5.74, 6) is 1.55. The predicted octanol–water partition coefficient (Wildman–Crippen LogP) is 3.00. The van der Waals surface area contributed by atoms with Gasteiger partial charge in [-0.05, 0) is 65.6 Å². The molecule has 0 aromatic heterocycles. The Kier molecular flexibility index (Phi) is 3.12. The van der Waals surface area contributed by atoms with Gasteiger partial charge in [-0.25, -0.2) is 0 Å². The monoisotopic (exact) mass is 301 g/mol. The van der Waals surface area contributed by atoms with Crippen molar-refractivity contribution in [2.75, 3.05) is 7.05 Å². The zero-order valence-electron chi connectivity index (χ0n) is 8.63. The lowest BCUT2D eigenvalue weighted by Crippen LogP contribution is -2.46. The van der Waals surface area contributed by atoms with Crippen LogP contribution in [0.25, 0.3) is 0 Å². The number of rotatable bonds is 2. The number of hydrogen-bond donors (Lipinski definition) is 1. The van der Waals surface area contributed by atoms with Crippen LogP contribution in [0.3, 0.4) is 0 Å². The van der Waals surface area contributed by atoms with Crippen LogP contribution in [0.1, 0.15) is 24.8 Å². The maximum atomic E-state index is 3.36. The zero-order valence-corrected chi connectivity index (χ0v) is 10.8. The summed E-state index contributed by atoms with van der Waals surface area (Å²) in [6.07, 6.45) is 1.29. The van der Waals surface area contributed by atoms with E-state index in [-0.39, 0.29) is 0 Å². The van der Waals surface area contributed by atoms with Gasteiger partial charge < -0.3 is 5.32 Å². The van der Waals surface area contributed by atoms with E-state index in [1.807, 2.05) is 0 Å². The standard InChI is InChI=1S/C12H16IN/c1-8-11(7-12(8)14-2)9-3-5-10(13)6-4-9/h3-6,8,11-12,14H,7H2,1-2H3. The van der Waals surface area contributed by atoms with Crippen molar-refractivity contribution < 1.29 is 0 Å². The molecule has 14 heavy (non-hydrogen) atoms. The Morgan fingerprint density at radius 1 is 1.29 bits per heavy atom. The average molecular weight is 301 g/mol. The van der Waals surface area contributed by atoms with Crippen LogP contribution in [0.2, 0.25) is 0 Å². The first-order valence-electron chi connectivity index (χ1n) is 5.15. The molecule has 1 N–H and O–H groups in total. The normalized spacial score (nSPS) is 31.2. The van der Waals surface area contributed by atoms with Crippen molar-refractivity contribution in [3.8, 4) is 0 Å². The van der Waals surface area contributed by atoms with Crippen LogP contribution in [-0.4, -0.2) is 13.1 Å². The second-order valence-electron chi connectivity index (χ2n) is 4.15. The number of nitrogens with one attached hydrogen (secondary N) is 1. The third-order valence-corrected chi connectivity index (χ3v) is 4.17. The molecule has 2 rings (SSSR count). The molecule has 1 nitrogen and oxygen atoms in total. The first kappa shape index (κ1) is 10.4. The Balaban J connectivity index is 2.07. The molecule has 3 unspecified atom stereocenters.